The van der Waals surface area contributed by atoms with E-state index in [1.165, 1.54) is 25.0 Å². The van der Waals surface area contributed by atoms with Crippen molar-refractivity contribution >= 4 is 97.5 Å². The summed E-state index contributed by atoms with van der Waals surface area (Å²) < 4.78 is 35.1. The van der Waals surface area contributed by atoms with Crippen molar-refractivity contribution in [3.05, 3.63) is 182 Å². The van der Waals surface area contributed by atoms with Crippen molar-refractivity contribution in [2.45, 2.75) is 189 Å². The largest absolute Gasteiger partial charge is 0.449 e. The maximum atomic E-state index is 14.3. The van der Waals surface area contributed by atoms with Crippen LogP contribution in [0.4, 0.5) is 22.0 Å². The number of benzene rings is 2. The van der Waals surface area contributed by atoms with E-state index in [1.54, 1.807) is 30.7 Å². The van der Waals surface area contributed by atoms with E-state index in [1.807, 2.05) is 114 Å². The molecule has 1 aliphatic carbocycles. The quantitative estimate of drug-likeness (QED) is 0.126. The average molecular weight is 1680 g/mol. The Labute approximate surface area is 714 Å². The number of piperazine rings is 3. The number of halogens is 3. The first kappa shape index (κ1) is 84.6. The van der Waals surface area contributed by atoms with Crippen molar-refractivity contribution in [1.29, 1.82) is 0 Å². The summed E-state index contributed by atoms with van der Waals surface area (Å²) in [7, 11) is 1.94. The standard InChI is InChI=1S/C32H33ClFN7O2.C30H31ClN8O2.C29H42N6O2/c1-18-7-10-27(37-28(18)25-16-35-39-38-25)40-11-12-41(32(5,6)17-40)30(42)26-15-24-29(43-26)20(31(2,3)4)14-23(36-24)19-8-9-21(33)22(34)13-19;1-29(2,3)21-14-22(18-6-9-20(31)10-7-18)33-23-15-24(41-26(21)23)28(40)39-13-12-38(17-30(39,4)5)25-11-8-19(16-32-25)27-34-36-37-35-27;1-27(2,3)20-15-21(19-9-11-28(4,5)12-10-19)31-22-16-23(37-24(20)22)25(36)35-14-13-34(17-29(35,6)7)26-32-30-18-33(26)8/h7-10,13-15H,11-12,16-17H2,1-6H3;6-11,14-16H,12-13,17H2,1-5H3,(H,34,35,36,37);15-16,18-19H,9-14,17H2,1-8H3. The van der Waals surface area contributed by atoms with Gasteiger partial charge in [-0.15, -0.1) is 25.5 Å². The third-order valence-corrected chi connectivity index (χ3v) is 24.4. The number of furan rings is 3. The average Bonchev–Trinajstić information content (AvgIpc) is 1.64. The van der Waals surface area contributed by atoms with Crippen LogP contribution in [-0.2, 0) is 23.3 Å². The van der Waals surface area contributed by atoms with E-state index in [2.05, 4.69) is 176 Å². The van der Waals surface area contributed by atoms with Crippen molar-refractivity contribution in [3.63, 3.8) is 0 Å². The first-order valence-corrected chi connectivity index (χ1v) is 42.0. The van der Waals surface area contributed by atoms with Crippen molar-refractivity contribution < 1.29 is 32.0 Å². The number of anilines is 3. The van der Waals surface area contributed by atoms with E-state index in [4.69, 9.17) is 56.4 Å². The van der Waals surface area contributed by atoms with Crippen LogP contribution in [0.1, 0.15) is 215 Å². The van der Waals surface area contributed by atoms with E-state index in [0.29, 0.717) is 127 Å². The first-order chi connectivity index (χ1) is 57.1. The molecule has 27 nitrogen and oxygen atoms in total. The van der Waals surface area contributed by atoms with Crippen LogP contribution < -0.4 is 14.7 Å². The van der Waals surface area contributed by atoms with Gasteiger partial charge >= 0.3 is 0 Å². The third-order valence-electron chi connectivity index (χ3n) is 23.8. The van der Waals surface area contributed by atoms with Gasteiger partial charge in [0.25, 0.3) is 17.7 Å². The normalized spacial score (nSPS) is 17.5. The molecule has 1 N–H and O–H groups in total. The van der Waals surface area contributed by atoms with E-state index in [9.17, 15) is 18.8 Å². The summed E-state index contributed by atoms with van der Waals surface area (Å²) in [6.07, 6.45) is 8.18. The highest BCUT2D eigenvalue weighted by atomic mass is 35.5. The zero-order valence-electron chi connectivity index (χ0n) is 72.5. The van der Waals surface area contributed by atoms with Gasteiger partial charge in [0.1, 0.15) is 52.6 Å². The van der Waals surface area contributed by atoms with Gasteiger partial charge in [-0.3, -0.25) is 14.4 Å². The summed E-state index contributed by atoms with van der Waals surface area (Å²) in [6, 6.07) is 31.6. The number of hydrogen-bond acceptors (Lipinski definition) is 22. The molecule has 14 heterocycles. The smallest absolute Gasteiger partial charge is 0.290 e. The number of nitrogens with one attached hydrogen (secondary N) is 1. The maximum absolute atomic E-state index is 14.3. The molecule has 17 rings (SSSR count). The predicted molar refractivity (Wildman–Crippen MR) is 470 cm³/mol. The van der Waals surface area contributed by atoms with Gasteiger partial charge < -0.3 is 47.2 Å². The predicted octanol–water partition coefficient (Wildman–Crippen LogP) is 18.6. The topological polar surface area (TPSA) is 297 Å². The molecule has 3 saturated heterocycles. The molecule has 0 spiro atoms. The minimum atomic E-state index is -0.525. The molecule has 5 aliphatic rings. The van der Waals surface area contributed by atoms with Gasteiger partial charge in [0.2, 0.25) is 11.8 Å². The van der Waals surface area contributed by atoms with Crippen LogP contribution in [-0.4, -0.2) is 181 Å². The maximum Gasteiger partial charge on any atom is 0.290 e. The number of rotatable bonds is 11. The molecule has 121 heavy (non-hydrogen) atoms. The molecule has 4 aliphatic heterocycles. The third kappa shape index (κ3) is 17.6. The molecule has 4 fully saturated rings. The highest BCUT2D eigenvalue weighted by Gasteiger charge is 2.44. The molecule has 30 heteroatoms. The summed E-state index contributed by atoms with van der Waals surface area (Å²) >= 11 is 12.0. The Kier molecular flexibility index (Phi) is 22.5. The number of carbonyl (C=O) groups is 3. The molecule has 12 aromatic rings. The summed E-state index contributed by atoms with van der Waals surface area (Å²) in [5, 5.41) is 34.9. The van der Waals surface area contributed by atoms with E-state index in [0.717, 1.165) is 97.7 Å². The fraction of sp³-hybridized carbons (Fsp3) is 0.451. The number of fused-ring (bicyclic) bond motifs is 3. The summed E-state index contributed by atoms with van der Waals surface area (Å²) in [4.78, 5) is 78.1. The van der Waals surface area contributed by atoms with Gasteiger partial charge in [-0.2, -0.15) is 10.3 Å². The Bertz CT molecular complexity index is 5970. The lowest BCUT2D eigenvalue weighted by atomic mass is 9.72. The zero-order valence-corrected chi connectivity index (χ0v) is 74.0. The fourth-order valence-corrected chi connectivity index (χ4v) is 17.2. The van der Waals surface area contributed by atoms with Crippen LogP contribution in [0.15, 0.2) is 144 Å². The molecular formula is C91H106Cl2FN21O6. The Balaban J connectivity index is 0.000000142. The monoisotopic (exact) mass is 1680 g/mol. The number of carbonyl (C=O) groups excluding carboxylic acids is 3. The highest BCUT2D eigenvalue weighted by molar-refractivity contribution is 6.31. The molecule has 0 bridgehead atoms. The van der Waals surface area contributed by atoms with Crippen molar-refractivity contribution in [1.82, 2.24) is 75.0 Å². The number of nitrogens with zero attached hydrogens (tertiary/aromatic N) is 20. The van der Waals surface area contributed by atoms with Crippen molar-refractivity contribution in [2.24, 2.45) is 27.9 Å². The Morgan fingerprint density at radius 2 is 1.03 bits per heavy atom. The van der Waals surface area contributed by atoms with Gasteiger partial charge in [-0.1, -0.05) is 124 Å². The minimum Gasteiger partial charge on any atom is -0.449 e. The van der Waals surface area contributed by atoms with Crippen molar-refractivity contribution in [3.8, 4) is 33.9 Å². The highest BCUT2D eigenvalue weighted by Crippen LogP contribution is 2.46. The van der Waals surface area contributed by atoms with Crippen molar-refractivity contribution in [2.75, 3.05) is 80.1 Å². The van der Waals surface area contributed by atoms with Gasteiger partial charge in [0, 0.05) is 140 Å². The van der Waals surface area contributed by atoms with Crippen LogP contribution in [0.25, 0.3) is 67.2 Å². The SMILES string of the molecule is CC(C)(C)c1cc(-c2ccc(Cl)cc2)nc2cc(C(=O)N3CCN(c4ccc(-c5nn[nH]n5)cn4)CC3(C)C)oc12.Cc1ccc(N2CCN(C(=O)c3cc4nc(-c5ccc(Cl)c(F)c5)cc(C(C)(C)C)c4o3)C(C)(C)C2)nc1C1=NN=NC1.Cn1cnnc1N1CCN(C(=O)c2cc3nc(C4CCC(C)(C)CC4)cc(C(C)(C)C)c3o2)C(C)(C)C1. The number of pyridine rings is 5. The molecular weight excluding hydrogens is 1570 g/mol. The summed E-state index contributed by atoms with van der Waals surface area (Å²) in [6.45, 7) is 44.1. The molecule has 10 aromatic heterocycles. The Hall–Kier alpha value is -11.4. The van der Waals surface area contributed by atoms with Gasteiger partial charge in [0.05, 0.1) is 38.7 Å². The van der Waals surface area contributed by atoms with Crippen LogP contribution in [0.5, 0.6) is 0 Å². The van der Waals surface area contributed by atoms with E-state index < -0.39 is 22.4 Å². The molecule has 0 unspecified atom stereocenters. The zero-order chi connectivity index (χ0) is 86.4. The second kappa shape index (κ2) is 32.2. The second-order valence-corrected chi connectivity index (χ2v) is 39.1. The number of aromatic amines is 1. The number of aryl methyl sites for hydroxylation is 2. The van der Waals surface area contributed by atoms with Crippen LogP contribution in [0, 0.1) is 18.2 Å². The fourth-order valence-electron chi connectivity index (χ4n) is 17.0. The van der Waals surface area contributed by atoms with Crippen LogP contribution in [0.2, 0.25) is 10.0 Å². The summed E-state index contributed by atoms with van der Waals surface area (Å²) in [5.41, 5.74) is 12.7. The minimum absolute atomic E-state index is 0.0495. The van der Waals surface area contributed by atoms with Gasteiger partial charge in [0.15, 0.2) is 34.0 Å². The molecule has 3 amide bonds. The molecule has 0 atom stereocenters. The van der Waals surface area contributed by atoms with Gasteiger partial charge in [-0.25, -0.2) is 29.3 Å². The van der Waals surface area contributed by atoms with E-state index >= 15 is 0 Å². The van der Waals surface area contributed by atoms with Crippen LogP contribution in [0.3, 0.4) is 0 Å². The first-order valence-electron chi connectivity index (χ1n) is 41.3. The van der Waals surface area contributed by atoms with Gasteiger partial charge in [-0.05, 0) is 172 Å². The second-order valence-electron chi connectivity index (χ2n) is 38.2. The lowest BCUT2D eigenvalue weighted by Crippen LogP contribution is -2.61. The number of aromatic nitrogens is 12. The van der Waals surface area contributed by atoms with Crippen LogP contribution >= 0.6 is 23.2 Å². The molecule has 1 saturated carbocycles. The molecule has 2 aromatic carbocycles. The Morgan fingerprint density at radius 1 is 0.545 bits per heavy atom. The number of tetrazole rings is 1. The Morgan fingerprint density at radius 3 is 1.50 bits per heavy atom. The molecule has 632 valence electrons. The number of amides is 3. The summed E-state index contributed by atoms with van der Waals surface area (Å²) in [5.74, 6) is 3.35. The number of hydrogen-bond donors (Lipinski definition) is 1. The lowest BCUT2D eigenvalue weighted by molar-refractivity contribution is 0.0474. The van der Waals surface area contributed by atoms with E-state index in [-0.39, 0.29) is 50.5 Å². The number of H-pyrrole nitrogens is 1. The molecule has 0 radical (unpaired) electrons. The lowest BCUT2D eigenvalue weighted by Gasteiger charge is -2.47.